The lowest BCUT2D eigenvalue weighted by atomic mass is 10.2. The highest BCUT2D eigenvalue weighted by Crippen LogP contribution is 2.31. The number of thioether (sulfide) groups is 1. The third kappa shape index (κ3) is 5.62. The quantitative estimate of drug-likeness (QED) is 0.417. The molecule has 4 nitrogen and oxygen atoms in total. The van der Waals surface area contributed by atoms with Crippen molar-refractivity contribution in [1.82, 2.24) is 5.32 Å². The fraction of sp³-hybridized carbons (Fsp3) is 0.0833. The monoisotopic (exact) mass is 496 g/mol. The molecule has 3 aromatic rings. The Balaban J connectivity index is 1.45. The normalized spacial score (nSPS) is 16.0. The number of amidine groups is 1. The van der Waals surface area contributed by atoms with Crippen molar-refractivity contribution in [3.8, 4) is 5.75 Å². The summed E-state index contributed by atoms with van der Waals surface area (Å²) in [5.41, 5.74) is 3.54. The van der Waals surface area contributed by atoms with Crippen molar-refractivity contribution in [1.29, 1.82) is 0 Å². The number of nitrogens with zero attached hydrogens (tertiary/aromatic N) is 1. The van der Waals surface area contributed by atoms with Gasteiger partial charge in [0.2, 0.25) is 0 Å². The molecule has 1 amide bonds. The Labute approximate surface area is 192 Å². The van der Waals surface area contributed by atoms with Crippen LogP contribution in [0.2, 0.25) is 0 Å². The summed E-state index contributed by atoms with van der Waals surface area (Å²) in [4.78, 5) is 17.4. The van der Waals surface area contributed by atoms with Crippen molar-refractivity contribution in [2.75, 3.05) is 0 Å². The van der Waals surface area contributed by atoms with Crippen LogP contribution in [0.5, 0.6) is 5.75 Å². The molecule has 0 unspecified atom stereocenters. The zero-order valence-electron chi connectivity index (χ0n) is 16.6. The molecule has 4 rings (SSSR count). The summed E-state index contributed by atoms with van der Waals surface area (Å²) in [6.07, 6.45) is 1.80. The number of aliphatic imine (C=N–C) groups is 1. The molecular weight excluding hydrogens is 479 g/mol. The van der Waals surface area contributed by atoms with Gasteiger partial charge in [0.05, 0.1) is 15.1 Å². The lowest BCUT2D eigenvalue weighted by Crippen LogP contribution is -2.19. The van der Waals surface area contributed by atoms with Gasteiger partial charge in [0, 0.05) is 0 Å². The number of aryl methyl sites for hydroxylation is 1. The Kier molecular flexibility index (Phi) is 6.53. The lowest BCUT2D eigenvalue weighted by molar-refractivity contribution is -0.115. The van der Waals surface area contributed by atoms with Gasteiger partial charge in [-0.1, -0.05) is 35.9 Å². The van der Waals surface area contributed by atoms with Crippen molar-refractivity contribution < 1.29 is 13.9 Å². The van der Waals surface area contributed by atoms with Crippen LogP contribution in [0.25, 0.3) is 6.08 Å². The first kappa shape index (κ1) is 21.3. The first-order valence-corrected chi connectivity index (χ1v) is 11.1. The molecule has 1 fully saturated rings. The summed E-state index contributed by atoms with van der Waals surface area (Å²) in [6.45, 7) is 2.27. The summed E-state index contributed by atoms with van der Waals surface area (Å²) in [5, 5.41) is 3.35. The molecule has 1 heterocycles. The summed E-state index contributed by atoms with van der Waals surface area (Å²) in [6, 6.07) is 19.6. The van der Waals surface area contributed by atoms with Gasteiger partial charge < -0.3 is 10.1 Å². The minimum atomic E-state index is -0.292. The van der Waals surface area contributed by atoms with Crippen LogP contribution in [0, 0.1) is 12.7 Å². The maximum absolute atomic E-state index is 13.3. The number of hydrogen-bond donors (Lipinski definition) is 1. The third-order valence-electron chi connectivity index (χ3n) is 4.45. The molecule has 31 heavy (non-hydrogen) atoms. The van der Waals surface area contributed by atoms with E-state index in [1.54, 1.807) is 18.2 Å². The number of benzene rings is 3. The second-order valence-electron chi connectivity index (χ2n) is 6.93. The number of ether oxygens (including phenoxy) is 1. The molecule has 1 aliphatic heterocycles. The van der Waals surface area contributed by atoms with Crippen LogP contribution >= 0.6 is 27.7 Å². The molecule has 3 aromatic carbocycles. The number of hydrogen-bond acceptors (Lipinski definition) is 4. The van der Waals surface area contributed by atoms with E-state index in [1.807, 2.05) is 49.4 Å². The Morgan fingerprint density at radius 2 is 1.94 bits per heavy atom. The first-order valence-electron chi connectivity index (χ1n) is 9.49. The highest BCUT2D eigenvalue weighted by molar-refractivity contribution is 9.10. The number of amides is 1. The smallest absolute Gasteiger partial charge is 0.264 e. The van der Waals surface area contributed by atoms with Crippen molar-refractivity contribution in [2.24, 2.45) is 4.99 Å². The van der Waals surface area contributed by atoms with Crippen molar-refractivity contribution >= 4 is 50.5 Å². The van der Waals surface area contributed by atoms with Gasteiger partial charge in [0.15, 0.2) is 5.17 Å². The predicted octanol–water partition coefficient (Wildman–Crippen LogP) is 6.37. The zero-order chi connectivity index (χ0) is 21.8. The number of rotatable bonds is 5. The van der Waals surface area contributed by atoms with Crippen molar-refractivity contribution in [2.45, 2.75) is 13.5 Å². The first-order chi connectivity index (χ1) is 15.0. The Hall–Kier alpha value is -2.90. The van der Waals surface area contributed by atoms with Gasteiger partial charge in [0.1, 0.15) is 18.2 Å². The summed E-state index contributed by atoms with van der Waals surface area (Å²) < 4.78 is 19.8. The van der Waals surface area contributed by atoms with Crippen molar-refractivity contribution in [3.05, 3.63) is 98.6 Å². The van der Waals surface area contributed by atoms with Crippen LogP contribution in [-0.4, -0.2) is 11.1 Å². The number of carbonyl (C=O) groups excluding carboxylic acids is 1. The van der Waals surface area contributed by atoms with Crippen LogP contribution in [-0.2, 0) is 11.4 Å². The van der Waals surface area contributed by atoms with Crippen molar-refractivity contribution in [3.63, 3.8) is 0 Å². The topological polar surface area (TPSA) is 50.7 Å². The van der Waals surface area contributed by atoms with E-state index in [1.165, 1.54) is 23.9 Å². The molecule has 0 atom stereocenters. The molecule has 0 radical (unpaired) electrons. The van der Waals surface area contributed by atoms with E-state index in [2.05, 4.69) is 26.2 Å². The average molecular weight is 497 g/mol. The van der Waals surface area contributed by atoms with Gasteiger partial charge >= 0.3 is 0 Å². The highest BCUT2D eigenvalue weighted by atomic mass is 79.9. The van der Waals surface area contributed by atoms with Gasteiger partial charge in [-0.15, -0.1) is 0 Å². The average Bonchev–Trinajstić information content (AvgIpc) is 3.08. The van der Waals surface area contributed by atoms with E-state index in [0.717, 1.165) is 26.9 Å². The zero-order valence-corrected chi connectivity index (χ0v) is 19.0. The van der Waals surface area contributed by atoms with E-state index in [-0.39, 0.29) is 18.3 Å². The highest BCUT2D eigenvalue weighted by Gasteiger charge is 2.23. The fourth-order valence-corrected chi connectivity index (χ4v) is 4.23. The predicted molar refractivity (Wildman–Crippen MR) is 127 cm³/mol. The van der Waals surface area contributed by atoms with E-state index in [9.17, 15) is 9.18 Å². The maximum atomic E-state index is 13.3. The largest absolute Gasteiger partial charge is 0.488 e. The lowest BCUT2D eigenvalue weighted by Gasteiger charge is -2.09. The molecule has 0 saturated carbocycles. The summed E-state index contributed by atoms with van der Waals surface area (Å²) in [5.74, 6) is 0.162. The second kappa shape index (κ2) is 9.49. The Morgan fingerprint density at radius 1 is 1.13 bits per heavy atom. The summed E-state index contributed by atoms with van der Waals surface area (Å²) >= 11 is 4.80. The van der Waals surface area contributed by atoms with E-state index < -0.39 is 0 Å². The van der Waals surface area contributed by atoms with Gasteiger partial charge in [-0.25, -0.2) is 9.38 Å². The molecular formula is C24H18BrFN2O2S. The SMILES string of the molecule is Cc1ccc(N=C2NC(=O)C(=Cc3ccc(OCc4cccc(F)c4)c(Br)c3)S2)cc1. The summed E-state index contributed by atoms with van der Waals surface area (Å²) in [7, 11) is 0. The molecule has 1 N–H and O–H groups in total. The minimum Gasteiger partial charge on any atom is -0.488 e. The molecule has 1 aliphatic rings. The fourth-order valence-electron chi connectivity index (χ4n) is 2.88. The van der Waals surface area contributed by atoms with E-state index in [4.69, 9.17) is 4.74 Å². The van der Waals surface area contributed by atoms with E-state index >= 15 is 0 Å². The van der Waals surface area contributed by atoms with Gasteiger partial charge in [-0.3, -0.25) is 4.79 Å². The molecule has 7 heteroatoms. The van der Waals surface area contributed by atoms with E-state index in [0.29, 0.717) is 15.8 Å². The minimum absolute atomic E-state index is 0.182. The molecule has 0 aliphatic carbocycles. The Bertz CT molecular complexity index is 1190. The number of halogens is 2. The third-order valence-corrected chi connectivity index (χ3v) is 5.98. The second-order valence-corrected chi connectivity index (χ2v) is 8.81. The molecule has 0 bridgehead atoms. The maximum Gasteiger partial charge on any atom is 0.264 e. The van der Waals surface area contributed by atoms with Crippen LogP contribution in [0.3, 0.4) is 0 Å². The van der Waals surface area contributed by atoms with Crippen LogP contribution < -0.4 is 10.1 Å². The Morgan fingerprint density at radius 3 is 2.68 bits per heavy atom. The van der Waals surface area contributed by atoms with Crippen LogP contribution in [0.4, 0.5) is 10.1 Å². The molecule has 0 spiro atoms. The molecule has 156 valence electrons. The molecule has 0 aromatic heterocycles. The van der Waals surface area contributed by atoms with Gasteiger partial charge in [-0.2, -0.15) is 0 Å². The standard InChI is InChI=1S/C24H18BrFN2O2S/c1-15-5-8-19(9-6-15)27-24-28-23(29)22(31-24)13-16-7-10-21(20(25)12-16)30-14-17-3-2-4-18(26)11-17/h2-13H,14H2,1H3,(H,27,28,29). The van der Waals surface area contributed by atoms with Crippen LogP contribution in [0.15, 0.2) is 81.1 Å². The van der Waals surface area contributed by atoms with Crippen LogP contribution in [0.1, 0.15) is 16.7 Å². The van der Waals surface area contributed by atoms with Gasteiger partial charge in [0.25, 0.3) is 5.91 Å². The number of nitrogens with one attached hydrogen (secondary N) is 1. The number of carbonyl (C=O) groups is 1. The van der Waals surface area contributed by atoms with Gasteiger partial charge in [-0.05, 0) is 88.2 Å². The molecule has 1 saturated heterocycles.